The molecule has 0 unspecified atom stereocenters. The number of aromatic nitrogens is 2. The van der Waals surface area contributed by atoms with E-state index in [9.17, 15) is 8.42 Å². The second-order valence-electron chi connectivity index (χ2n) is 3.76. The Morgan fingerprint density at radius 2 is 2.33 bits per heavy atom. The maximum Gasteiger partial charge on any atom is 0.265 e. The van der Waals surface area contributed by atoms with Crippen molar-refractivity contribution < 1.29 is 22.0 Å². The van der Waals surface area contributed by atoms with Crippen LogP contribution in [-0.2, 0) is 16.7 Å². The standard InChI is InChI=1S/C10H12N2O4S2/c1-17-10-11-8-3-5-12(7-9(8)16-10)4-2-6-18(13,14)15/h3,5,7H,2,4,6H2,1H3/p+1. The SMILES string of the molecule is CSc1nc2cc[n+](CCCS(=O)(=O)O)cc2o1. The number of thioether (sulfide) groups is 1. The van der Waals surface area contributed by atoms with Crippen molar-refractivity contribution in [1.29, 1.82) is 0 Å². The maximum absolute atomic E-state index is 10.6. The summed E-state index contributed by atoms with van der Waals surface area (Å²) < 4.78 is 37.1. The number of nitrogens with zero attached hydrogens (tertiary/aromatic N) is 2. The molecule has 2 aromatic heterocycles. The molecule has 0 spiro atoms. The average molecular weight is 289 g/mol. The zero-order valence-corrected chi connectivity index (χ0v) is 11.4. The molecule has 0 saturated carbocycles. The van der Waals surface area contributed by atoms with Gasteiger partial charge >= 0.3 is 0 Å². The highest BCUT2D eigenvalue weighted by atomic mass is 32.2. The van der Waals surface area contributed by atoms with Crippen molar-refractivity contribution in [3.63, 3.8) is 0 Å². The van der Waals surface area contributed by atoms with Crippen LogP contribution in [0.15, 0.2) is 28.1 Å². The Kier molecular flexibility index (Phi) is 3.88. The molecule has 0 bridgehead atoms. The first-order valence-corrected chi connectivity index (χ1v) is 8.10. The van der Waals surface area contributed by atoms with Crippen molar-refractivity contribution in [1.82, 2.24) is 4.98 Å². The third-order valence-electron chi connectivity index (χ3n) is 2.36. The largest absolute Gasteiger partial charge is 0.425 e. The Balaban J connectivity index is 2.10. The molecular weight excluding hydrogens is 276 g/mol. The summed E-state index contributed by atoms with van der Waals surface area (Å²) in [6, 6.07) is 1.81. The zero-order chi connectivity index (χ0) is 13.2. The fourth-order valence-electron chi connectivity index (χ4n) is 1.55. The molecule has 18 heavy (non-hydrogen) atoms. The van der Waals surface area contributed by atoms with Gasteiger partial charge in [-0.2, -0.15) is 8.42 Å². The number of hydrogen-bond donors (Lipinski definition) is 1. The predicted octanol–water partition coefficient (Wildman–Crippen LogP) is 1.12. The number of aryl methyl sites for hydroxylation is 1. The molecule has 0 aliphatic heterocycles. The summed E-state index contributed by atoms with van der Waals surface area (Å²) in [5.41, 5.74) is 1.43. The van der Waals surface area contributed by atoms with Gasteiger partial charge in [0.15, 0.2) is 6.20 Å². The van der Waals surface area contributed by atoms with E-state index in [4.69, 9.17) is 8.97 Å². The van der Waals surface area contributed by atoms with Crippen LogP contribution in [0.25, 0.3) is 11.1 Å². The third kappa shape index (κ3) is 3.44. The molecule has 0 aliphatic carbocycles. The molecule has 0 aliphatic rings. The van der Waals surface area contributed by atoms with Crippen LogP contribution in [0.2, 0.25) is 0 Å². The van der Waals surface area contributed by atoms with E-state index in [0.717, 1.165) is 5.52 Å². The minimum absolute atomic E-state index is 0.246. The molecule has 6 nitrogen and oxygen atoms in total. The van der Waals surface area contributed by atoms with Gasteiger partial charge < -0.3 is 4.42 Å². The second kappa shape index (κ2) is 5.25. The topological polar surface area (TPSA) is 84.3 Å². The Hall–Kier alpha value is -1.12. The van der Waals surface area contributed by atoms with Crippen molar-refractivity contribution in [2.24, 2.45) is 0 Å². The molecule has 1 N–H and O–H groups in total. The first-order valence-electron chi connectivity index (χ1n) is 5.27. The van der Waals surface area contributed by atoms with Gasteiger partial charge in [-0.3, -0.25) is 4.55 Å². The van der Waals surface area contributed by atoms with Crippen molar-refractivity contribution in [2.45, 2.75) is 18.2 Å². The maximum atomic E-state index is 10.6. The van der Waals surface area contributed by atoms with E-state index in [-0.39, 0.29) is 5.75 Å². The van der Waals surface area contributed by atoms with Gasteiger partial charge in [-0.05, 0) is 6.26 Å². The molecule has 0 saturated heterocycles. The lowest BCUT2D eigenvalue weighted by Crippen LogP contribution is -2.33. The summed E-state index contributed by atoms with van der Waals surface area (Å²) >= 11 is 1.42. The molecule has 0 fully saturated rings. The fraction of sp³-hybridized carbons (Fsp3) is 0.400. The smallest absolute Gasteiger partial charge is 0.265 e. The highest BCUT2D eigenvalue weighted by Crippen LogP contribution is 2.19. The Bertz CT molecular complexity index is 651. The first kappa shape index (κ1) is 13.3. The van der Waals surface area contributed by atoms with Crippen molar-refractivity contribution in [2.75, 3.05) is 12.0 Å². The molecule has 2 aromatic rings. The number of hydrogen-bond acceptors (Lipinski definition) is 5. The summed E-state index contributed by atoms with van der Waals surface area (Å²) in [7, 11) is -3.89. The highest BCUT2D eigenvalue weighted by Gasteiger charge is 2.11. The van der Waals surface area contributed by atoms with Crippen LogP contribution in [-0.4, -0.2) is 30.0 Å². The van der Waals surface area contributed by atoms with Crippen molar-refractivity contribution in [3.8, 4) is 0 Å². The molecule has 8 heteroatoms. The zero-order valence-electron chi connectivity index (χ0n) is 9.74. The van der Waals surface area contributed by atoms with Gasteiger partial charge in [0, 0.05) is 12.5 Å². The van der Waals surface area contributed by atoms with Gasteiger partial charge in [-0.1, -0.05) is 11.8 Å². The lowest BCUT2D eigenvalue weighted by atomic mass is 10.4. The summed E-state index contributed by atoms with van der Waals surface area (Å²) in [4.78, 5) is 4.24. The molecule has 0 aromatic carbocycles. The second-order valence-corrected chi connectivity index (χ2v) is 6.09. The Morgan fingerprint density at radius 1 is 1.56 bits per heavy atom. The molecule has 0 radical (unpaired) electrons. The van der Waals surface area contributed by atoms with Crippen LogP contribution in [0.3, 0.4) is 0 Å². The summed E-state index contributed by atoms with van der Waals surface area (Å²) in [5, 5.41) is 0.598. The van der Waals surface area contributed by atoms with E-state index >= 15 is 0 Å². The van der Waals surface area contributed by atoms with Gasteiger partial charge in [-0.25, -0.2) is 9.55 Å². The minimum atomic E-state index is -3.89. The minimum Gasteiger partial charge on any atom is -0.425 e. The van der Waals surface area contributed by atoms with Crippen LogP contribution < -0.4 is 4.57 Å². The van der Waals surface area contributed by atoms with E-state index < -0.39 is 10.1 Å². The molecule has 98 valence electrons. The van der Waals surface area contributed by atoms with Crippen LogP contribution in [0.1, 0.15) is 6.42 Å². The number of pyridine rings is 1. The fourth-order valence-corrected chi connectivity index (χ4v) is 2.41. The third-order valence-corrected chi connectivity index (χ3v) is 3.69. The normalized spacial score (nSPS) is 12.1. The van der Waals surface area contributed by atoms with Crippen molar-refractivity contribution >= 4 is 33.0 Å². The van der Waals surface area contributed by atoms with Crippen molar-refractivity contribution in [3.05, 3.63) is 18.5 Å². The Morgan fingerprint density at radius 3 is 3.00 bits per heavy atom. The van der Waals surface area contributed by atoms with E-state index in [1.54, 1.807) is 12.4 Å². The van der Waals surface area contributed by atoms with Gasteiger partial charge in [0.05, 0.1) is 5.75 Å². The number of fused-ring (bicyclic) bond motifs is 1. The molecule has 2 heterocycles. The van der Waals surface area contributed by atoms with Crippen LogP contribution >= 0.6 is 11.8 Å². The van der Waals surface area contributed by atoms with Gasteiger partial charge in [0.2, 0.25) is 11.8 Å². The van der Waals surface area contributed by atoms with Gasteiger partial charge in [-0.15, -0.1) is 0 Å². The highest BCUT2D eigenvalue weighted by molar-refractivity contribution is 7.98. The summed E-state index contributed by atoms with van der Waals surface area (Å²) in [6.45, 7) is 0.491. The molecule has 2 rings (SSSR count). The van der Waals surface area contributed by atoms with Gasteiger partial charge in [0.1, 0.15) is 12.1 Å². The average Bonchev–Trinajstić information content (AvgIpc) is 2.69. The summed E-state index contributed by atoms with van der Waals surface area (Å²) in [5.74, 6) is -0.246. The quantitative estimate of drug-likeness (QED) is 0.504. The molecular formula is C10H13N2O4S2+. The summed E-state index contributed by atoms with van der Waals surface area (Å²) in [6.07, 6.45) is 5.80. The first-order chi connectivity index (χ1) is 8.48. The predicted molar refractivity (Wildman–Crippen MR) is 67.0 cm³/mol. The lowest BCUT2D eigenvalue weighted by molar-refractivity contribution is -0.695. The van der Waals surface area contributed by atoms with E-state index in [2.05, 4.69) is 4.98 Å². The van der Waals surface area contributed by atoms with Crippen LogP contribution in [0, 0.1) is 0 Å². The lowest BCUT2D eigenvalue weighted by Gasteiger charge is -1.95. The molecule has 0 atom stereocenters. The van der Waals surface area contributed by atoms with Crippen LogP contribution in [0.5, 0.6) is 0 Å². The van der Waals surface area contributed by atoms with E-state index in [1.165, 1.54) is 11.8 Å². The Labute approximate surface area is 109 Å². The monoisotopic (exact) mass is 289 g/mol. The van der Waals surface area contributed by atoms with E-state index in [1.807, 2.05) is 16.9 Å². The molecule has 0 amide bonds. The number of rotatable bonds is 5. The number of oxazole rings is 1. The van der Waals surface area contributed by atoms with E-state index in [0.29, 0.717) is 23.8 Å². The van der Waals surface area contributed by atoms with Crippen LogP contribution in [0.4, 0.5) is 0 Å². The van der Waals surface area contributed by atoms with Gasteiger partial charge in [0.25, 0.3) is 15.3 Å².